The number of carbonyl (C=O) groups is 2. The first-order valence-electron chi connectivity index (χ1n) is 7.80. The van der Waals surface area contributed by atoms with Crippen molar-refractivity contribution in [3.63, 3.8) is 0 Å². The van der Waals surface area contributed by atoms with Gasteiger partial charge in [-0.15, -0.1) is 11.3 Å². The lowest BCUT2D eigenvalue weighted by Gasteiger charge is -2.07. The Morgan fingerprint density at radius 2 is 1.92 bits per heavy atom. The molecule has 0 saturated carbocycles. The number of amides is 1. The number of benzene rings is 2. The molecular formula is C19H16FNO4S. The Balaban J connectivity index is 1.82. The van der Waals surface area contributed by atoms with Crippen molar-refractivity contribution in [1.29, 1.82) is 0 Å². The number of thiophene rings is 1. The molecule has 0 aliphatic heterocycles. The number of ether oxygens (including phenoxy) is 1. The van der Waals surface area contributed by atoms with Crippen LogP contribution in [0.1, 0.15) is 31.2 Å². The summed E-state index contributed by atoms with van der Waals surface area (Å²) in [6.45, 7) is 0.374. The number of carboxylic acids is 1. The predicted molar refractivity (Wildman–Crippen MR) is 97.1 cm³/mol. The van der Waals surface area contributed by atoms with Crippen LogP contribution in [0.25, 0.3) is 10.1 Å². The van der Waals surface area contributed by atoms with Crippen LogP contribution in [0.4, 0.5) is 4.39 Å². The summed E-state index contributed by atoms with van der Waals surface area (Å²) in [7, 11) is 1.50. The monoisotopic (exact) mass is 373 g/mol. The summed E-state index contributed by atoms with van der Waals surface area (Å²) >= 11 is 1.22. The van der Waals surface area contributed by atoms with E-state index in [0.717, 1.165) is 5.56 Å². The molecule has 0 spiro atoms. The molecule has 0 aliphatic rings. The summed E-state index contributed by atoms with van der Waals surface area (Å²) in [5, 5.41) is 12.1. The van der Waals surface area contributed by atoms with Crippen molar-refractivity contribution in [3.8, 4) is 0 Å². The third kappa shape index (κ3) is 3.58. The fourth-order valence-electron chi connectivity index (χ4n) is 2.66. The van der Waals surface area contributed by atoms with Crippen molar-refractivity contribution >= 4 is 33.3 Å². The molecule has 0 bridgehead atoms. The van der Waals surface area contributed by atoms with Gasteiger partial charge in [0.15, 0.2) is 0 Å². The van der Waals surface area contributed by atoms with Crippen LogP contribution >= 0.6 is 11.3 Å². The van der Waals surface area contributed by atoms with Gasteiger partial charge in [-0.2, -0.15) is 0 Å². The van der Waals surface area contributed by atoms with Crippen molar-refractivity contribution in [2.45, 2.75) is 13.2 Å². The molecule has 0 saturated heterocycles. The summed E-state index contributed by atoms with van der Waals surface area (Å²) in [4.78, 5) is 23.9. The predicted octanol–water partition coefficient (Wildman–Crippen LogP) is 3.82. The molecule has 1 aromatic heterocycles. The quantitative estimate of drug-likeness (QED) is 0.689. The number of hydrogen-bond donors (Lipinski definition) is 2. The summed E-state index contributed by atoms with van der Waals surface area (Å²) < 4.78 is 20.0. The number of hydrogen-bond acceptors (Lipinski definition) is 4. The number of rotatable bonds is 6. The maximum absolute atomic E-state index is 14.2. The Kier molecular flexibility index (Phi) is 5.29. The first-order valence-corrected chi connectivity index (χ1v) is 8.62. The van der Waals surface area contributed by atoms with Gasteiger partial charge in [-0.1, -0.05) is 18.2 Å². The van der Waals surface area contributed by atoms with Crippen LogP contribution < -0.4 is 5.32 Å². The molecule has 0 unspecified atom stereocenters. The fraction of sp³-hybridized carbons (Fsp3) is 0.158. The zero-order valence-electron chi connectivity index (χ0n) is 13.9. The van der Waals surface area contributed by atoms with Gasteiger partial charge in [0.05, 0.1) is 17.0 Å². The lowest BCUT2D eigenvalue weighted by atomic mass is 10.1. The molecule has 0 aliphatic carbocycles. The van der Waals surface area contributed by atoms with Gasteiger partial charge in [0.2, 0.25) is 0 Å². The van der Waals surface area contributed by atoms with E-state index in [9.17, 15) is 14.0 Å². The van der Waals surface area contributed by atoms with E-state index in [-0.39, 0.29) is 30.4 Å². The minimum atomic E-state index is -1.00. The molecular weight excluding hydrogens is 357 g/mol. The van der Waals surface area contributed by atoms with E-state index in [2.05, 4.69) is 5.32 Å². The van der Waals surface area contributed by atoms with Crippen molar-refractivity contribution in [2.24, 2.45) is 0 Å². The van der Waals surface area contributed by atoms with E-state index < -0.39 is 5.97 Å². The number of carbonyl (C=O) groups excluding carboxylic acids is 1. The van der Waals surface area contributed by atoms with E-state index >= 15 is 0 Å². The number of methoxy groups -OCH3 is 1. The number of aromatic carboxylic acids is 1. The van der Waals surface area contributed by atoms with Gasteiger partial charge in [0.25, 0.3) is 5.91 Å². The second kappa shape index (κ2) is 7.63. The van der Waals surface area contributed by atoms with Crippen LogP contribution in [0, 0.1) is 5.82 Å². The third-order valence-corrected chi connectivity index (χ3v) is 5.11. The minimum absolute atomic E-state index is 0.136. The van der Waals surface area contributed by atoms with Crippen molar-refractivity contribution < 1.29 is 23.8 Å². The highest BCUT2D eigenvalue weighted by Gasteiger charge is 2.20. The molecule has 5 nitrogen and oxygen atoms in total. The van der Waals surface area contributed by atoms with Crippen molar-refractivity contribution in [1.82, 2.24) is 5.32 Å². The molecule has 134 valence electrons. The molecule has 2 N–H and O–H groups in total. The Hall–Kier alpha value is -2.77. The normalized spacial score (nSPS) is 10.8. The average Bonchev–Trinajstić information content (AvgIpc) is 3.00. The van der Waals surface area contributed by atoms with E-state index in [1.165, 1.54) is 36.6 Å². The summed E-state index contributed by atoms with van der Waals surface area (Å²) in [5.74, 6) is -1.70. The van der Waals surface area contributed by atoms with Crippen LogP contribution in [0.3, 0.4) is 0 Å². The topological polar surface area (TPSA) is 75.6 Å². The molecule has 0 radical (unpaired) electrons. The highest BCUT2D eigenvalue weighted by Crippen LogP contribution is 2.33. The van der Waals surface area contributed by atoms with Crippen LogP contribution in [-0.2, 0) is 17.9 Å². The van der Waals surface area contributed by atoms with E-state index in [4.69, 9.17) is 9.84 Å². The molecule has 1 amide bonds. The van der Waals surface area contributed by atoms with Crippen LogP contribution in [-0.4, -0.2) is 24.1 Å². The lowest BCUT2D eigenvalue weighted by Crippen LogP contribution is -2.23. The van der Waals surface area contributed by atoms with Gasteiger partial charge in [-0.05, 0) is 29.8 Å². The van der Waals surface area contributed by atoms with Gasteiger partial charge < -0.3 is 15.2 Å². The Labute approximate surface area is 153 Å². The maximum atomic E-state index is 14.2. The van der Waals surface area contributed by atoms with Gasteiger partial charge in [-0.25, -0.2) is 9.18 Å². The molecule has 3 rings (SSSR count). The fourth-order valence-corrected chi connectivity index (χ4v) is 3.80. The Morgan fingerprint density at radius 1 is 1.19 bits per heavy atom. The first-order chi connectivity index (χ1) is 12.5. The average molecular weight is 373 g/mol. The zero-order valence-corrected chi connectivity index (χ0v) is 14.7. The minimum Gasteiger partial charge on any atom is -0.478 e. The van der Waals surface area contributed by atoms with Crippen LogP contribution in [0.2, 0.25) is 0 Å². The highest BCUT2D eigenvalue weighted by atomic mass is 32.1. The largest absolute Gasteiger partial charge is 0.478 e. The second-order valence-electron chi connectivity index (χ2n) is 5.64. The van der Waals surface area contributed by atoms with Gasteiger partial charge >= 0.3 is 5.97 Å². The summed E-state index contributed by atoms with van der Waals surface area (Å²) in [5.41, 5.74) is 1.48. The molecule has 0 atom stereocenters. The number of carboxylic acid groups (broad SMARTS) is 1. The highest BCUT2D eigenvalue weighted by molar-refractivity contribution is 7.21. The number of nitrogens with one attached hydrogen (secondary N) is 1. The maximum Gasteiger partial charge on any atom is 0.335 e. The number of fused-ring (bicyclic) bond motifs is 1. The third-order valence-electron chi connectivity index (χ3n) is 3.91. The van der Waals surface area contributed by atoms with E-state index in [1.54, 1.807) is 24.3 Å². The lowest BCUT2D eigenvalue weighted by molar-refractivity contribution is 0.0696. The summed E-state index contributed by atoms with van der Waals surface area (Å²) in [6, 6.07) is 11.0. The molecule has 26 heavy (non-hydrogen) atoms. The standard InChI is InChI=1S/C19H16FNO4S/c1-25-10-13-16-14(20)3-2-4-15(16)26-17(13)18(22)21-9-11-5-7-12(8-6-11)19(23)24/h2-8H,9-10H2,1H3,(H,21,22)(H,23,24). The Bertz CT molecular complexity index is 966. The molecule has 0 fully saturated rings. The summed E-state index contributed by atoms with van der Waals surface area (Å²) in [6.07, 6.45) is 0. The first kappa shape index (κ1) is 18.0. The molecule has 7 heteroatoms. The SMILES string of the molecule is COCc1c(C(=O)NCc2ccc(C(=O)O)cc2)sc2cccc(F)c12. The van der Waals surface area contributed by atoms with Gasteiger partial charge in [0, 0.05) is 29.3 Å². The van der Waals surface area contributed by atoms with Crippen LogP contribution in [0.5, 0.6) is 0 Å². The van der Waals surface area contributed by atoms with Crippen molar-refractivity contribution in [3.05, 3.63) is 69.8 Å². The second-order valence-corrected chi connectivity index (χ2v) is 6.69. The molecule has 1 heterocycles. The molecule has 2 aromatic carbocycles. The smallest absolute Gasteiger partial charge is 0.335 e. The Morgan fingerprint density at radius 3 is 2.58 bits per heavy atom. The number of halogens is 1. The van der Waals surface area contributed by atoms with Gasteiger partial charge in [-0.3, -0.25) is 4.79 Å². The van der Waals surface area contributed by atoms with E-state index in [0.29, 0.717) is 20.5 Å². The van der Waals surface area contributed by atoms with Crippen molar-refractivity contribution in [2.75, 3.05) is 7.11 Å². The zero-order chi connectivity index (χ0) is 18.7. The van der Waals surface area contributed by atoms with Crippen LogP contribution in [0.15, 0.2) is 42.5 Å². The van der Waals surface area contributed by atoms with E-state index in [1.807, 2.05) is 0 Å². The van der Waals surface area contributed by atoms with Gasteiger partial charge in [0.1, 0.15) is 5.82 Å². The molecule has 3 aromatic rings.